The highest BCUT2D eigenvalue weighted by molar-refractivity contribution is 5.30. The van der Waals surface area contributed by atoms with E-state index >= 15 is 0 Å². The summed E-state index contributed by atoms with van der Waals surface area (Å²) in [7, 11) is 0. The molecule has 0 atom stereocenters. The highest BCUT2D eigenvalue weighted by Gasteiger charge is 2.24. The number of imidazole rings is 1. The third kappa shape index (κ3) is 2.75. The molecule has 0 aliphatic heterocycles. The summed E-state index contributed by atoms with van der Waals surface area (Å²) in [5, 5.41) is 3.42. The number of nitrogens with zero attached hydrogens (tertiary/aromatic N) is 2. The van der Waals surface area contributed by atoms with E-state index in [0.717, 1.165) is 18.7 Å². The Hall–Kier alpha value is -1.68. The van der Waals surface area contributed by atoms with Crippen LogP contribution in [-0.2, 0) is 13.1 Å². The smallest absolute Gasteiger partial charge is 0.129 e. The first-order chi connectivity index (χ1) is 9.65. The Morgan fingerprint density at radius 3 is 2.60 bits per heavy atom. The summed E-state index contributed by atoms with van der Waals surface area (Å²) < 4.78 is 15.8. The standard InChI is InChI=1S/C16H20FN3/c1-11-5-13(6-12(2)16(11)17)7-18-8-15-9-19-10-20(15)14-3-4-14/h5-6,9-10,14,18H,3-4,7-8H2,1-2H3. The van der Waals surface area contributed by atoms with Crippen LogP contribution in [0.5, 0.6) is 0 Å². The zero-order valence-electron chi connectivity index (χ0n) is 12.0. The summed E-state index contributed by atoms with van der Waals surface area (Å²) >= 11 is 0. The quantitative estimate of drug-likeness (QED) is 0.906. The Kier molecular flexibility index (Phi) is 3.57. The second-order valence-electron chi connectivity index (χ2n) is 5.67. The number of aryl methyl sites for hydroxylation is 2. The maximum atomic E-state index is 13.6. The fourth-order valence-corrected chi connectivity index (χ4v) is 2.62. The van der Waals surface area contributed by atoms with Gasteiger partial charge in [0.1, 0.15) is 5.82 Å². The van der Waals surface area contributed by atoms with E-state index in [4.69, 9.17) is 0 Å². The zero-order chi connectivity index (χ0) is 14.1. The van der Waals surface area contributed by atoms with Gasteiger partial charge >= 0.3 is 0 Å². The first-order valence-corrected chi connectivity index (χ1v) is 7.12. The van der Waals surface area contributed by atoms with E-state index in [-0.39, 0.29) is 5.82 Å². The predicted octanol–water partition coefficient (Wildman–Crippen LogP) is 3.26. The first-order valence-electron chi connectivity index (χ1n) is 7.12. The lowest BCUT2D eigenvalue weighted by molar-refractivity contribution is 0.601. The summed E-state index contributed by atoms with van der Waals surface area (Å²) in [6.07, 6.45) is 6.37. The van der Waals surface area contributed by atoms with E-state index in [1.165, 1.54) is 18.5 Å². The Morgan fingerprint density at radius 1 is 1.25 bits per heavy atom. The van der Waals surface area contributed by atoms with Gasteiger partial charge in [-0.15, -0.1) is 0 Å². The number of benzene rings is 1. The van der Waals surface area contributed by atoms with Gasteiger partial charge in [-0.25, -0.2) is 9.37 Å². The first kappa shape index (κ1) is 13.3. The predicted molar refractivity (Wildman–Crippen MR) is 76.9 cm³/mol. The number of halogens is 1. The van der Waals surface area contributed by atoms with Crippen LogP contribution in [0.2, 0.25) is 0 Å². The van der Waals surface area contributed by atoms with Crippen molar-refractivity contribution in [2.24, 2.45) is 0 Å². The topological polar surface area (TPSA) is 29.9 Å². The summed E-state index contributed by atoms with van der Waals surface area (Å²) in [6.45, 7) is 5.17. The summed E-state index contributed by atoms with van der Waals surface area (Å²) in [5.74, 6) is -0.0967. The van der Waals surface area contributed by atoms with Crippen LogP contribution < -0.4 is 5.32 Å². The number of aromatic nitrogens is 2. The number of hydrogen-bond acceptors (Lipinski definition) is 2. The second-order valence-corrected chi connectivity index (χ2v) is 5.67. The van der Waals surface area contributed by atoms with E-state index in [2.05, 4.69) is 14.9 Å². The molecule has 0 amide bonds. The van der Waals surface area contributed by atoms with E-state index in [1.54, 1.807) is 0 Å². The highest BCUT2D eigenvalue weighted by atomic mass is 19.1. The average molecular weight is 273 g/mol. The third-order valence-electron chi connectivity index (χ3n) is 3.82. The molecule has 0 unspecified atom stereocenters. The van der Waals surface area contributed by atoms with Crippen molar-refractivity contribution in [2.45, 2.75) is 45.8 Å². The zero-order valence-corrected chi connectivity index (χ0v) is 12.0. The number of rotatable bonds is 5. The minimum absolute atomic E-state index is 0.0967. The molecule has 0 saturated heterocycles. The largest absolute Gasteiger partial charge is 0.330 e. The van der Waals surface area contributed by atoms with Crippen molar-refractivity contribution >= 4 is 0 Å². The SMILES string of the molecule is Cc1cc(CNCc2cncn2C2CC2)cc(C)c1F. The lowest BCUT2D eigenvalue weighted by Crippen LogP contribution is -2.15. The maximum absolute atomic E-state index is 13.6. The van der Waals surface area contributed by atoms with E-state index < -0.39 is 0 Å². The van der Waals surface area contributed by atoms with Crippen LogP contribution >= 0.6 is 0 Å². The highest BCUT2D eigenvalue weighted by Crippen LogP contribution is 2.35. The molecule has 0 spiro atoms. The van der Waals surface area contributed by atoms with E-state index in [0.29, 0.717) is 17.2 Å². The second kappa shape index (κ2) is 5.37. The van der Waals surface area contributed by atoms with Crippen molar-refractivity contribution in [1.29, 1.82) is 0 Å². The van der Waals surface area contributed by atoms with Crippen LogP contribution in [0.15, 0.2) is 24.7 Å². The van der Waals surface area contributed by atoms with Gasteiger partial charge in [0.15, 0.2) is 0 Å². The van der Waals surface area contributed by atoms with Crippen LogP contribution in [0.1, 0.15) is 41.3 Å². The van der Waals surface area contributed by atoms with Crippen molar-refractivity contribution in [3.05, 3.63) is 52.9 Å². The molecule has 1 aromatic heterocycles. The van der Waals surface area contributed by atoms with Crippen molar-refractivity contribution < 1.29 is 4.39 Å². The van der Waals surface area contributed by atoms with Crippen LogP contribution in [0.4, 0.5) is 4.39 Å². The Balaban J connectivity index is 1.61. The summed E-state index contributed by atoms with van der Waals surface area (Å²) in [5.41, 5.74) is 3.77. The maximum Gasteiger partial charge on any atom is 0.129 e. The molecule has 4 heteroatoms. The van der Waals surface area contributed by atoms with E-state index in [9.17, 15) is 4.39 Å². The van der Waals surface area contributed by atoms with Gasteiger partial charge in [0.25, 0.3) is 0 Å². The lowest BCUT2D eigenvalue weighted by atomic mass is 10.1. The fraction of sp³-hybridized carbons (Fsp3) is 0.438. The molecule has 106 valence electrons. The van der Waals surface area contributed by atoms with Crippen LogP contribution in [0, 0.1) is 19.7 Å². The molecule has 2 aromatic rings. The van der Waals surface area contributed by atoms with Crippen molar-refractivity contribution in [3.63, 3.8) is 0 Å². The number of hydrogen-bond donors (Lipinski definition) is 1. The number of nitrogens with one attached hydrogen (secondary N) is 1. The van der Waals surface area contributed by atoms with Crippen molar-refractivity contribution in [2.75, 3.05) is 0 Å². The Labute approximate surface area is 118 Å². The van der Waals surface area contributed by atoms with Gasteiger partial charge in [-0.3, -0.25) is 0 Å². The van der Waals surface area contributed by atoms with Gasteiger partial charge < -0.3 is 9.88 Å². The van der Waals surface area contributed by atoms with Gasteiger partial charge in [-0.2, -0.15) is 0 Å². The molecule has 1 fully saturated rings. The van der Waals surface area contributed by atoms with Gasteiger partial charge in [0.2, 0.25) is 0 Å². The molecule has 20 heavy (non-hydrogen) atoms. The fourth-order valence-electron chi connectivity index (χ4n) is 2.62. The summed E-state index contributed by atoms with van der Waals surface area (Å²) in [6, 6.07) is 4.48. The van der Waals surface area contributed by atoms with Crippen LogP contribution in [0.3, 0.4) is 0 Å². The van der Waals surface area contributed by atoms with Crippen LogP contribution in [-0.4, -0.2) is 9.55 Å². The average Bonchev–Trinajstić information content (AvgIpc) is 3.16. The van der Waals surface area contributed by atoms with Gasteiger partial charge in [-0.05, 0) is 43.4 Å². The molecule has 1 aliphatic rings. The lowest BCUT2D eigenvalue weighted by Gasteiger charge is -2.10. The molecular weight excluding hydrogens is 253 g/mol. The van der Waals surface area contributed by atoms with Gasteiger partial charge in [-0.1, -0.05) is 12.1 Å². The third-order valence-corrected chi connectivity index (χ3v) is 3.82. The monoisotopic (exact) mass is 273 g/mol. The molecule has 3 rings (SSSR count). The molecule has 1 N–H and O–H groups in total. The normalized spacial score (nSPS) is 14.8. The Morgan fingerprint density at radius 2 is 1.95 bits per heavy atom. The van der Waals surface area contributed by atoms with Crippen LogP contribution in [0.25, 0.3) is 0 Å². The minimum atomic E-state index is -0.0967. The Bertz CT molecular complexity index is 591. The van der Waals surface area contributed by atoms with E-state index in [1.807, 2.05) is 38.5 Å². The molecular formula is C16H20FN3. The van der Waals surface area contributed by atoms with Crippen molar-refractivity contribution in [3.8, 4) is 0 Å². The molecule has 1 heterocycles. The molecule has 1 aliphatic carbocycles. The molecule has 1 saturated carbocycles. The molecule has 0 radical (unpaired) electrons. The minimum Gasteiger partial charge on any atom is -0.330 e. The molecule has 1 aromatic carbocycles. The summed E-state index contributed by atoms with van der Waals surface area (Å²) in [4.78, 5) is 4.22. The van der Waals surface area contributed by atoms with Gasteiger partial charge in [0, 0.05) is 25.3 Å². The molecule has 3 nitrogen and oxygen atoms in total. The molecule has 0 bridgehead atoms. The van der Waals surface area contributed by atoms with Crippen molar-refractivity contribution in [1.82, 2.24) is 14.9 Å². The van der Waals surface area contributed by atoms with Gasteiger partial charge in [0.05, 0.1) is 12.0 Å².